The summed E-state index contributed by atoms with van der Waals surface area (Å²) in [7, 11) is 3.48. The van der Waals surface area contributed by atoms with Crippen molar-refractivity contribution in [3.63, 3.8) is 0 Å². The van der Waals surface area contributed by atoms with E-state index in [2.05, 4.69) is 47.4 Å². The highest BCUT2D eigenvalue weighted by Crippen LogP contribution is 2.26. The summed E-state index contributed by atoms with van der Waals surface area (Å²) in [5, 5.41) is 5.95. The lowest BCUT2D eigenvalue weighted by Gasteiger charge is -2.32. The number of carbonyl (C=O) groups excluding carboxylic acids is 1. The number of hydrogen-bond acceptors (Lipinski definition) is 9. The lowest BCUT2D eigenvalue weighted by atomic mass is 10.2. The summed E-state index contributed by atoms with van der Waals surface area (Å²) in [6.07, 6.45) is 1.53. The summed E-state index contributed by atoms with van der Waals surface area (Å²) in [5.41, 5.74) is 1.58. The third-order valence-corrected chi connectivity index (χ3v) is 6.11. The van der Waals surface area contributed by atoms with Crippen molar-refractivity contribution in [3.05, 3.63) is 78.2 Å². The zero-order valence-electron chi connectivity index (χ0n) is 21.1. The van der Waals surface area contributed by atoms with Gasteiger partial charge in [0, 0.05) is 49.2 Å². The topological polar surface area (TPSA) is 108 Å². The van der Waals surface area contributed by atoms with Gasteiger partial charge in [0.05, 0.1) is 7.11 Å². The van der Waals surface area contributed by atoms with Gasteiger partial charge in [0.2, 0.25) is 11.9 Å². The molecule has 0 aliphatic carbocycles. The van der Waals surface area contributed by atoms with E-state index in [9.17, 15) is 9.18 Å². The Morgan fingerprint density at radius 3 is 2.50 bits per heavy atom. The van der Waals surface area contributed by atoms with Crippen LogP contribution in [0.2, 0.25) is 0 Å². The van der Waals surface area contributed by atoms with Crippen molar-refractivity contribution in [1.82, 2.24) is 24.8 Å². The number of pyridine rings is 1. The summed E-state index contributed by atoms with van der Waals surface area (Å²) >= 11 is 0. The molecule has 1 aliphatic heterocycles. The molecule has 1 fully saturated rings. The first-order valence-corrected chi connectivity index (χ1v) is 12.1. The number of aromatic nitrogens is 4. The van der Waals surface area contributed by atoms with E-state index in [1.165, 1.54) is 25.4 Å². The Balaban J connectivity index is 1.44. The maximum atomic E-state index is 14.5. The van der Waals surface area contributed by atoms with Crippen LogP contribution in [0, 0.1) is 5.82 Å². The monoisotopic (exact) mass is 514 g/mol. The molecule has 10 nitrogen and oxygen atoms in total. The number of para-hydroxylation sites is 1. The van der Waals surface area contributed by atoms with Gasteiger partial charge in [-0.1, -0.05) is 18.2 Å². The predicted octanol–water partition coefficient (Wildman–Crippen LogP) is 3.83. The maximum absolute atomic E-state index is 14.5. The van der Waals surface area contributed by atoms with Gasteiger partial charge >= 0.3 is 0 Å². The van der Waals surface area contributed by atoms with Crippen molar-refractivity contribution in [2.24, 2.45) is 0 Å². The maximum Gasteiger partial charge on any atom is 0.255 e. The smallest absolute Gasteiger partial charge is 0.255 e. The van der Waals surface area contributed by atoms with E-state index in [1.807, 2.05) is 30.3 Å². The van der Waals surface area contributed by atoms with Crippen molar-refractivity contribution in [3.8, 4) is 17.1 Å². The van der Waals surface area contributed by atoms with Crippen LogP contribution in [-0.2, 0) is 0 Å². The number of benzene rings is 2. The number of carbonyl (C=O) groups is 1. The molecule has 0 saturated carbocycles. The minimum absolute atomic E-state index is 0.134. The highest BCUT2D eigenvalue weighted by molar-refractivity contribution is 6.04. The number of hydrogen-bond donors (Lipinski definition) is 2. The second-order valence-corrected chi connectivity index (χ2v) is 8.80. The lowest BCUT2D eigenvalue weighted by Crippen LogP contribution is -2.45. The first-order chi connectivity index (χ1) is 18.5. The van der Waals surface area contributed by atoms with Gasteiger partial charge in [0.1, 0.15) is 5.82 Å². The molecule has 0 unspecified atom stereocenters. The number of ether oxygens (including phenoxy) is 1. The number of piperazine rings is 1. The summed E-state index contributed by atoms with van der Waals surface area (Å²) < 4.78 is 19.5. The van der Waals surface area contributed by atoms with Gasteiger partial charge in [-0.2, -0.15) is 15.0 Å². The molecule has 4 aromatic rings. The molecule has 1 saturated heterocycles. The molecule has 1 amide bonds. The van der Waals surface area contributed by atoms with Crippen molar-refractivity contribution < 1.29 is 13.9 Å². The van der Waals surface area contributed by atoms with Crippen LogP contribution in [0.4, 0.5) is 27.8 Å². The second kappa shape index (κ2) is 11.2. The van der Waals surface area contributed by atoms with E-state index in [0.717, 1.165) is 26.2 Å². The van der Waals surface area contributed by atoms with Gasteiger partial charge in [-0.05, 0) is 49.5 Å². The fourth-order valence-corrected chi connectivity index (χ4v) is 3.98. The van der Waals surface area contributed by atoms with Crippen LogP contribution in [-0.4, -0.2) is 71.1 Å². The number of anilines is 4. The minimum atomic E-state index is -0.514. The lowest BCUT2D eigenvalue weighted by molar-refractivity contribution is 0.102. The Bertz CT molecular complexity index is 1430. The third-order valence-electron chi connectivity index (χ3n) is 6.11. The normalized spacial score (nSPS) is 13.7. The number of nitrogens with one attached hydrogen (secondary N) is 2. The molecular formula is C27H27FN8O2. The second-order valence-electron chi connectivity index (χ2n) is 8.80. The van der Waals surface area contributed by atoms with Crippen molar-refractivity contribution >= 4 is 29.3 Å². The molecule has 194 valence electrons. The van der Waals surface area contributed by atoms with E-state index in [0.29, 0.717) is 34.4 Å². The van der Waals surface area contributed by atoms with Gasteiger partial charge in [0.15, 0.2) is 17.4 Å². The van der Waals surface area contributed by atoms with Crippen LogP contribution in [0.15, 0.2) is 66.9 Å². The Kier molecular flexibility index (Phi) is 7.36. The zero-order chi connectivity index (χ0) is 26.5. The fraction of sp³-hybridized carbons (Fsp3) is 0.222. The standard InChI is InChI=1S/C27H27FN8O2/c1-35-12-14-36(15-13-35)27-33-24(18-8-9-22(38-2)21(28)16-18)32-26(34-27)31-23-17-19(10-11-29-23)25(37)30-20-6-4-3-5-7-20/h3-11,16-17H,12-15H2,1-2H3,(H,30,37)(H,29,31,32,33,34). The minimum Gasteiger partial charge on any atom is -0.494 e. The SMILES string of the molecule is COc1ccc(-c2nc(Nc3cc(C(=O)Nc4ccccc4)ccn3)nc(N3CCN(C)CC3)n2)cc1F. The van der Waals surface area contributed by atoms with Crippen molar-refractivity contribution in [1.29, 1.82) is 0 Å². The van der Waals surface area contributed by atoms with E-state index in [1.54, 1.807) is 18.2 Å². The first-order valence-electron chi connectivity index (χ1n) is 12.1. The summed E-state index contributed by atoms with van der Waals surface area (Å²) in [6.45, 7) is 3.20. The molecule has 1 aliphatic rings. The summed E-state index contributed by atoms with van der Waals surface area (Å²) in [4.78, 5) is 35.2. The Morgan fingerprint density at radius 2 is 1.76 bits per heavy atom. The number of rotatable bonds is 7. The average molecular weight is 515 g/mol. The van der Waals surface area contributed by atoms with Gasteiger partial charge in [0.25, 0.3) is 5.91 Å². The Hall–Kier alpha value is -4.64. The van der Waals surface area contributed by atoms with Crippen LogP contribution < -0.4 is 20.3 Å². The molecule has 38 heavy (non-hydrogen) atoms. The molecule has 0 bridgehead atoms. The molecular weight excluding hydrogens is 487 g/mol. The molecule has 11 heteroatoms. The molecule has 0 radical (unpaired) electrons. The van der Waals surface area contributed by atoms with Gasteiger partial charge < -0.3 is 25.2 Å². The number of nitrogens with zero attached hydrogens (tertiary/aromatic N) is 6. The highest BCUT2D eigenvalue weighted by atomic mass is 19.1. The third kappa shape index (κ3) is 5.84. The van der Waals surface area contributed by atoms with E-state index in [-0.39, 0.29) is 17.6 Å². The molecule has 0 spiro atoms. The average Bonchev–Trinajstić information content (AvgIpc) is 2.94. The number of amides is 1. The van der Waals surface area contributed by atoms with Gasteiger partial charge in [-0.3, -0.25) is 4.79 Å². The van der Waals surface area contributed by atoms with Crippen LogP contribution in [0.25, 0.3) is 11.4 Å². The number of likely N-dealkylation sites (N-methyl/N-ethyl adjacent to an activating group) is 1. The quantitative estimate of drug-likeness (QED) is 0.380. The van der Waals surface area contributed by atoms with E-state index >= 15 is 0 Å². The van der Waals surface area contributed by atoms with Crippen LogP contribution in [0.3, 0.4) is 0 Å². The Morgan fingerprint density at radius 1 is 0.974 bits per heavy atom. The molecule has 5 rings (SSSR count). The van der Waals surface area contributed by atoms with Crippen molar-refractivity contribution in [2.75, 3.05) is 55.9 Å². The van der Waals surface area contributed by atoms with E-state index in [4.69, 9.17) is 4.74 Å². The highest BCUT2D eigenvalue weighted by Gasteiger charge is 2.20. The summed E-state index contributed by atoms with van der Waals surface area (Å²) in [6, 6.07) is 17.0. The molecule has 2 N–H and O–H groups in total. The first kappa shape index (κ1) is 25.0. The fourth-order valence-electron chi connectivity index (χ4n) is 3.98. The number of halogens is 1. The Labute approximate surface area is 219 Å². The summed E-state index contributed by atoms with van der Waals surface area (Å²) in [5.74, 6) is 0.733. The van der Waals surface area contributed by atoms with Gasteiger partial charge in [-0.15, -0.1) is 0 Å². The molecule has 3 heterocycles. The zero-order valence-corrected chi connectivity index (χ0v) is 21.1. The van der Waals surface area contributed by atoms with Crippen LogP contribution in [0.1, 0.15) is 10.4 Å². The van der Waals surface area contributed by atoms with Crippen LogP contribution in [0.5, 0.6) is 5.75 Å². The number of methoxy groups -OCH3 is 1. The molecule has 2 aromatic heterocycles. The molecule has 2 aromatic carbocycles. The van der Waals surface area contributed by atoms with E-state index < -0.39 is 5.82 Å². The van der Waals surface area contributed by atoms with Crippen LogP contribution >= 0.6 is 0 Å². The molecule has 0 atom stereocenters. The predicted molar refractivity (Wildman–Crippen MR) is 143 cm³/mol. The van der Waals surface area contributed by atoms with Crippen molar-refractivity contribution in [2.45, 2.75) is 0 Å². The van der Waals surface area contributed by atoms with Gasteiger partial charge in [-0.25, -0.2) is 9.37 Å². The largest absolute Gasteiger partial charge is 0.494 e.